The van der Waals surface area contributed by atoms with Gasteiger partial charge in [-0.15, -0.1) is 0 Å². The fraction of sp³-hybridized carbons (Fsp3) is 0.148. The number of pyridine rings is 1. The van der Waals surface area contributed by atoms with Crippen LogP contribution >= 0.6 is 23.2 Å². The van der Waals surface area contributed by atoms with Crippen LogP contribution < -0.4 is 4.90 Å². The number of rotatable bonds is 6. The molecule has 1 aliphatic heterocycles. The highest BCUT2D eigenvalue weighted by Crippen LogP contribution is 2.48. The molecule has 0 aliphatic carbocycles. The SMILES string of the molecule is O=[N+]([O-])c1cc(C2CCC(c3ccc(Cl)c([N+](=O)[O-])c3)N2c2ccc(-c3ccccn3)cc2)ccc1Cl. The molecule has 10 heteroatoms. The van der Waals surface area contributed by atoms with Crippen LogP contribution in [0.25, 0.3) is 11.3 Å². The van der Waals surface area contributed by atoms with Crippen molar-refractivity contribution in [2.45, 2.75) is 24.9 Å². The summed E-state index contributed by atoms with van der Waals surface area (Å²) in [6.07, 6.45) is 3.10. The molecule has 0 bridgehead atoms. The highest BCUT2D eigenvalue weighted by atomic mass is 35.5. The molecule has 1 aromatic heterocycles. The first-order valence-electron chi connectivity index (χ1n) is 11.5. The number of nitrogens with zero attached hydrogens (tertiary/aromatic N) is 4. The van der Waals surface area contributed by atoms with Crippen LogP contribution in [-0.2, 0) is 0 Å². The van der Waals surface area contributed by atoms with Crippen molar-refractivity contribution in [1.82, 2.24) is 4.98 Å². The molecular weight excluding hydrogens is 515 g/mol. The molecule has 0 N–H and O–H groups in total. The average Bonchev–Trinajstić information content (AvgIpc) is 3.34. The summed E-state index contributed by atoms with van der Waals surface area (Å²) in [5.74, 6) is 0. The maximum atomic E-state index is 11.6. The first-order valence-corrected chi connectivity index (χ1v) is 12.3. The minimum Gasteiger partial charge on any atom is -0.357 e. The molecule has 2 unspecified atom stereocenters. The summed E-state index contributed by atoms with van der Waals surface area (Å²) >= 11 is 12.2. The maximum Gasteiger partial charge on any atom is 0.288 e. The maximum absolute atomic E-state index is 11.6. The van der Waals surface area contributed by atoms with E-state index in [9.17, 15) is 20.2 Å². The molecule has 1 fully saturated rings. The predicted octanol–water partition coefficient (Wildman–Crippen LogP) is 7.95. The summed E-state index contributed by atoms with van der Waals surface area (Å²) in [5, 5.41) is 23.3. The normalized spacial score (nSPS) is 17.1. The van der Waals surface area contributed by atoms with E-state index < -0.39 is 9.85 Å². The zero-order valence-electron chi connectivity index (χ0n) is 19.3. The second kappa shape index (κ2) is 10.2. The summed E-state index contributed by atoms with van der Waals surface area (Å²) in [6.45, 7) is 0. The molecule has 5 rings (SSSR count). The minimum atomic E-state index is -0.493. The molecule has 1 saturated heterocycles. The van der Waals surface area contributed by atoms with E-state index in [-0.39, 0.29) is 33.5 Å². The van der Waals surface area contributed by atoms with E-state index in [0.717, 1.165) is 28.1 Å². The van der Waals surface area contributed by atoms with Gasteiger partial charge in [-0.1, -0.05) is 53.5 Å². The number of nitro groups is 2. The van der Waals surface area contributed by atoms with E-state index in [0.29, 0.717) is 12.8 Å². The summed E-state index contributed by atoms with van der Waals surface area (Å²) in [4.78, 5) is 28.7. The number of nitro benzene ring substituents is 2. The molecule has 2 atom stereocenters. The van der Waals surface area contributed by atoms with Crippen LogP contribution in [0, 0.1) is 20.2 Å². The van der Waals surface area contributed by atoms with Crippen molar-refractivity contribution in [3.05, 3.63) is 126 Å². The Hall–Kier alpha value is -4.01. The molecule has 37 heavy (non-hydrogen) atoms. The predicted molar refractivity (Wildman–Crippen MR) is 143 cm³/mol. The van der Waals surface area contributed by atoms with Crippen LogP contribution in [0.3, 0.4) is 0 Å². The van der Waals surface area contributed by atoms with Crippen LogP contribution in [-0.4, -0.2) is 14.8 Å². The summed E-state index contributed by atoms with van der Waals surface area (Å²) in [5.41, 5.74) is 3.84. The topological polar surface area (TPSA) is 102 Å². The third-order valence-electron chi connectivity index (χ3n) is 6.61. The lowest BCUT2D eigenvalue weighted by Crippen LogP contribution is -2.26. The third kappa shape index (κ3) is 4.85. The van der Waals surface area contributed by atoms with Crippen molar-refractivity contribution < 1.29 is 9.85 Å². The highest BCUT2D eigenvalue weighted by molar-refractivity contribution is 6.33. The van der Waals surface area contributed by atoms with Crippen LogP contribution in [0.1, 0.15) is 36.1 Å². The van der Waals surface area contributed by atoms with Crippen molar-refractivity contribution in [3.63, 3.8) is 0 Å². The lowest BCUT2D eigenvalue weighted by atomic mass is 10.0. The standard InChI is InChI=1S/C27H20Cl2N4O4/c28-21-10-6-18(15-26(21)32(34)35)24-12-13-25(19-7-11-22(29)27(16-19)33(36)37)31(24)20-8-4-17(5-9-20)23-3-1-2-14-30-23/h1-11,14-16,24-25H,12-13H2. The number of hydrogen-bond donors (Lipinski definition) is 0. The fourth-order valence-electron chi connectivity index (χ4n) is 4.92. The van der Waals surface area contributed by atoms with Gasteiger partial charge in [0.05, 0.1) is 27.6 Å². The molecule has 0 amide bonds. The lowest BCUT2D eigenvalue weighted by molar-refractivity contribution is -0.384. The van der Waals surface area contributed by atoms with E-state index in [1.807, 2.05) is 42.5 Å². The minimum absolute atomic E-state index is 0.0721. The second-order valence-corrected chi connectivity index (χ2v) is 9.53. The van der Waals surface area contributed by atoms with Crippen molar-refractivity contribution in [3.8, 4) is 11.3 Å². The number of halogens is 2. The highest BCUT2D eigenvalue weighted by Gasteiger charge is 2.37. The second-order valence-electron chi connectivity index (χ2n) is 8.71. The molecule has 186 valence electrons. The molecule has 2 heterocycles. The van der Waals surface area contributed by atoms with Gasteiger partial charge < -0.3 is 4.90 Å². The van der Waals surface area contributed by atoms with Gasteiger partial charge in [-0.25, -0.2) is 0 Å². The number of anilines is 1. The molecule has 8 nitrogen and oxygen atoms in total. The van der Waals surface area contributed by atoms with E-state index >= 15 is 0 Å². The van der Waals surface area contributed by atoms with E-state index in [1.165, 1.54) is 24.3 Å². The Morgan fingerprint density at radius 1 is 0.757 bits per heavy atom. The molecule has 1 aliphatic rings. The number of aromatic nitrogens is 1. The van der Waals surface area contributed by atoms with Gasteiger partial charge in [0.2, 0.25) is 0 Å². The lowest BCUT2D eigenvalue weighted by Gasteiger charge is -2.33. The van der Waals surface area contributed by atoms with E-state index in [1.54, 1.807) is 18.3 Å². The van der Waals surface area contributed by atoms with Gasteiger partial charge in [-0.2, -0.15) is 0 Å². The van der Waals surface area contributed by atoms with E-state index in [2.05, 4.69) is 9.88 Å². The first kappa shape index (κ1) is 24.7. The smallest absolute Gasteiger partial charge is 0.288 e. The zero-order valence-corrected chi connectivity index (χ0v) is 20.8. The molecular formula is C27H20Cl2N4O4. The van der Waals surface area contributed by atoms with Crippen LogP contribution in [0.2, 0.25) is 10.0 Å². The van der Waals surface area contributed by atoms with Gasteiger partial charge in [-0.05, 0) is 60.4 Å². The fourth-order valence-corrected chi connectivity index (χ4v) is 5.29. The van der Waals surface area contributed by atoms with Gasteiger partial charge in [0.15, 0.2) is 0 Å². The Morgan fingerprint density at radius 2 is 1.30 bits per heavy atom. The van der Waals surface area contributed by atoms with Gasteiger partial charge in [-0.3, -0.25) is 25.2 Å². The average molecular weight is 535 g/mol. The van der Waals surface area contributed by atoms with E-state index in [4.69, 9.17) is 23.2 Å². The Balaban J connectivity index is 1.59. The van der Waals surface area contributed by atoms with Crippen LogP contribution in [0.5, 0.6) is 0 Å². The quantitative estimate of drug-likeness (QED) is 0.183. The first-order chi connectivity index (χ1) is 17.8. The molecule has 4 aromatic rings. The number of benzene rings is 3. The van der Waals surface area contributed by atoms with Crippen LogP contribution in [0.4, 0.5) is 17.1 Å². The van der Waals surface area contributed by atoms with Crippen molar-refractivity contribution in [2.24, 2.45) is 0 Å². The Bertz CT molecular complexity index is 1410. The van der Waals surface area contributed by atoms with Crippen molar-refractivity contribution in [1.29, 1.82) is 0 Å². The van der Waals surface area contributed by atoms with Gasteiger partial charge in [0.1, 0.15) is 10.0 Å². The van der Waals surface area contributed by atoms with Gasteiger partial charge in [0, 0.05) is 29.6 Å². The number of hydrogen-bond acceptors (Lipinski definition) is 6. The zero-order chi connectivity index (χ0) is 26.1. The molecule has 3 aromatic carbocycles. The largest absolute Gasteiger partial charge is 0.357 e. The van der Waals surface area contributed by atoms with Crippen molar-refractivity contribution >= 4 is 40.3 Å². The Morgan fingerprint density at radius 3 is 1.76 bits per heavy atom. The Labute approximate surface area is 222 Å². The van der Waals surface area contributed by atoms with Gasteiger partial charge in [0.25, 0.3) is 11.4 Å². The summed E-state index contributed by atoms with van der Waals surface area (Å²) in [7, 11) is 0. The molecule has 0 radical (unpaired) electrons. The van der Waals surface area contributed by atoms with Crippen LogP contribution in [0.15, 0.2) is 85.1 Å². The molecule has 0 saturated carbocycles. The monoisotopic (exact) mass is 534 g/mol. The van der Waals surface area contributed by atoms with Crippen molar-refractivity contribution in [2.75, 3.05) is 4.90 Å². The van der Waals surface area contributed by atoms with Gasteiger partial charge >= 0.3 is 0 Å². The summed E-state index contributed by atoms with van der Waals surface area (Å²) < 4.78 is 0. The third-order valence-corrected chi connectivity index (χ3v) is 7.25. The Kier molecular flexibility index (Phi) is 6.78. The molecule has 0 spiro atoms. The summed E-state index contributed by atoms with van der Waals surface area (Å²) in [6, 6.07) is 22.9.